The van der Waals surface area contributed by atoms with Crippen LogP contribution in [0.5, 0.6) is 0 Å². The highest BCUT2D eigenvalue weighted by Gasteiger charge is 2.29. The molecule has 1 unspecified atom stereocenters. The van der Waals surface area contributed by atoms with Crippen molar-refractivity contribution in [2.45, 2.75) is 24.9 Å². The summed E-state index contributed by atoms with van der Waals surface area (Å²) < 4.78 is 13.2. The van der Waals surface area contributed by atoms with Gasteiger partial charge in [0.15, 0.2) is 5.67 Å². The topological polar surface area (TPSA) is 35.8 Å². The summed E-state index contributed by atoms with van der Waals surface area (Å²) in [4.78, 5) is 0. The second kappa shape index (κ2) is 4.53. The summed E-state index contributed by atoms with van der Waals surface area (Å²) in [5.74, 6) is 0. The monoisotopic (exact) mass is 178 g/mol. The molecule has 1 atom stereocenters. The van der Waals surface area contributed by atoms with Gasteiger partial charge < -0.3 is 5.32 Å². The Kier molecular flexibility index (Phi) is 4.39. The second-order valence-electron chi connectivity index (χ2n) is 2.68. The van der Waals surface area contributed by atoms with Crippen molar-refractivity contribution in [1.82, 2.24) is 5.32 Å². The Morgan fingerprint density at radius 1 is 1.36 bits per heavy atom. The minimum atomic E-state index is -1.55. The molecule has 0 bridgehead atoms. The lowest BCUT2D eigenvalue weighted by Crippen LogP contribution is -2.22. The van der Waals surface area contributed by atoms with Crippen molar-refractivity contribution in [2.24, 2.45) is 0 Å². The lowest BCUT2D eigenvalue weighted by molar-refractivity contribution is 0.217. The SMILES string of the molecule is Cl.N#CC1(F)CCCNCC1. The van der Waals surface area contributed by atoms with Gasteiger partial charge in [0.1, 0.15) is 6.07 Å². The first-order valence-electron chi connectivity index (χ1n) is 3.58. The summed E-state index contributed by atoms with van der Waals surface area (Å²) in [5, 5.41) is 11.5. The van der Waals surface area contributed by atoms with Gasteiger partial charge in [-0.05, 0) is 25.9 Å². The summed E-state index contributed by atoms with van der Waals surface area (Å²) in [5.41, 5.74) is -1.55. The smallest absolute Gasteiger partial charge is 0.197 e. The third-order valence-electron chi connectivity index (χ3n) is 1.83. The molecule has 0 amide bonds. The number of alkyl halides is 1. The van der Waals surface area contributed by atoms with Crippen LogP contribution in [-0.2, 0) is 0 Å². The van der Waals surface area contributed by atoms with Crippen molar-refractivity contribution < 1.29 is 4.39 Å². The van der Waals surface area contributed by atoms with Gasteiger partial charge >= 0.3 is 0 Å². The van der Waals surface area contributed by atoms with Crippen LogP contribution in [0, 0.1) is 11.3 Å². The summed E-state index contributed by atoms with van der Waals surface area (Å²) in [6.45, 7) is 1.47. The van der Waals surface area contributed by atoms with Crippen LogP contribution in [0.25, 0.3) is 0 Å². The Bertz CT molecular complexity index is 147. The normalized spacial score (nSPS) is 31.3. The van der Waals surface area contributed by atoms with Crippen molar-refractivity contribution in [3.8, 4) is 6.07 Å². The van der Waals surface area contributed by atoms with Crippen LogP contribution in [0.15, 0.2) is 0 Å². The fraction of sp³-hybridized carbons (Fsp3) is 0.857. The van der Waals surface area contributed by atoms with Crippen molar-refractivity contribution >= 4 is 12.4 Å². The maximum absolute atomic E-state index is 13.2. The number of nitrogens with one attached hydrogen (secondary N) is 1. The molecule has 0 spiro atoms. The first-order chi connectivity index (χ1) is 4.77. The van der Waals surface area contributed by atoms with Gasteiger partial charge in [-0.2, -0.15) is 5.26 Å². The average molecular weight is 179 g/mol. The number of hydrogen-bond donors (Lipinski definition) is 1. The minimum absolute atomic E-state index is 0. The van der Waals surface area contributed by atoms with E-state index in [2.05, 4.69) is 5.32 Å². The molecule has 0 aromatic rings. The molecule has 0 radical (unpaired) electrons. The molecule has 11 heavy (non-hydrogen) atoms. The molecule has 2 nitrogen and oxygen atoms in total. The zero-order valence-corrected chi connectivity index (χ0v) is 7.09. The van der Waals surface area contributed by atoms with Gasteiger partial charge in [0.2, 0.25) is 0 Å². The Morgan fingerprint density at radius 2 is 2.09 bits per heavy atom. The first kappa shape index (κ1) is 10.7. The van der Waals surface area contributed by atoms with Gasteiger partial charge in [-0.1, -0.05) is 0 Å². The molecule has 1 heterocycles. The molecular weight excluding hydrogens is 167 g/mol. The van der Waals surface area contributed by atoms with E-state index in [-0.39, 0.29) is 12.4 Å². The van der Waals surface area contributed by atoms with Crippen molar-refractivity contribution in [3.05, 3.63) is 0 Å². The molecule has 0 saturated carbocycles. The highest BCUT2D eigenvalue weighted by atomic mass is 35.5. The van der Waals surface area contributed by atoms with E-state index in [9.17, 15) is 4.39 Å². The molecule has 0 aliphatic carbocycles. The molecule has 4 heteroatoms. The fourth-order valence-corrected chi connectivity index (χ4v) is 1.14. The van der Waals surface area contributed by atoms with Crippen molar-refractivity contribution in [1.29, 1.82) is 5.26 Å². The summed E-state index contributed by atoms with van der Waals surface area (Å²) in [6, 6.07) is 1.71. The fourth-order valence-electron chi connectivity index (χ4n) is 1.14. The zero-order valence-electron chi connectivity index (χ0n) is 6.27. The van der Waals surface area contributed by atoms with E-state index in [1.54, 1.807) is 6.07 Å². The van der Waals surface area contributed by atoms with Gasteiger partial charge in [-0.3, -0.25) is 0 Å². The van der Waals surface area contributed by atoms with E-state index in [4.69, 9.17) is 5.26 Å². The molecule has 1 aliphatic heterocycles. The third kappa shape index (κ3) is 3.04. The molecular formula is C7H12ClFN2. The summed E-state index contributed by atoms with van der Waals surface area (Å²) in [7, 11) is 0. The van der Waals surface area contributed by atoms with E-state index in [1.807, 2.05) is 0 Å². The van der Waals surface area contributed by atoms with Crippen LogP contribution in [0.4, 0.5) is 4.39 Å². The third-order valence-corrected chi connectivity index (χ3v) is 1.83. The maximum Gasteiger partial charge on any atom is 0.197 e. The van der Waals surface area contributed by atoms with Crippen molar-refractivity contribution in [2.75, 3.05) is 13.1 Å². The van der Waals surface area contributed by atoms with Gasteiger partial charge in [-0.25, -0.2) is 4.39 Å². The maximum atomic E-state index is 13.2. The van der Waals surface area contributed by atoms with Crippen LogP contribution >= 0.6 is 12.4 Å². The quantitative estimate of drug-likeness (QED) is 0.609. The zero-order chi connectivity index (χ0) is 7.45. The molecule has 0 aromatic carbocycles. The molecule has 64 valence electrons. The predicted octanol–water partition coefficient (Wildman–Crippen LogP) is 1.41. The largest absolute Gasteiger partial charge is 0.317 e. The van der Waals surface area contributed by atoms with Crippen LogP contribution in [-0.4, -0.2) is 18.8 Å². The minimum Gasteiger partial charge on any atom is -0.317 e. The van der Waals surface area contributed by atoms with E-state index in [0.717, 1.165) is 13.0 Å². The van der Waals surface area contributed by atoms with Crippen molar-refractivity contribution in [3.63, 3.8) is 0 Å². The first-order valence-corrected chi connectivity index (χ1v) is 3.58. The lowest BCUT2D eigenvalue weighted by Gasteiger charge is -2.11. The number of hydrogen-bond acceptors (Lipinski definition) is 2. The molecule has 1 fully saturated rings. The highest BCUT2D eigenvalue weighted by Crippen LogP contribution is 2.22. The van der Waals surface area contributed by atoms with E-state index >= 15 is 0 Å². The molecule has 1 rings (SSSR count). The van der Waals surface area contributed by atoms with Gasteiger partial charge in [0.25, 0.3) is 0 Å². The Balaban J connectivity index is 0.000001000. The van der Waals surface area contributed by atoms with Gasteiger partial charge in [0.05, 0.1) is 0 Å². The Labute approximate surface area is 72.2 Å². The van der Waals surface area contributed by atoms with Crippen LogP contribution < -0.4 is 5.32 Å². The summed E-state index contributed by atoms with van der Waals surface area (Å²) >= 11 is 0. The average Bonchev–Trinajstić information content (AvgIpc) is 2.15. The van der Waals surface area contributed by atoms with Gasteiger partial charge in [-0.15, -0.1) is 12.4 Å². The number of halogens is 2. The highest BCUT2D eigenvalue weighted by molar-refractivity contribution is 5.85. The molecule has 1 saturated heterocycles. The van der Waals surface area contributed by atoms with Crippen LogP contribution in [0.3, 0.4) is 0 Å². The molecule has 1 aliphatic rings. The van der Waals surface area contributed by atoms with Crippen LogP contribution in [0.2, 0.25) is 0 Å². The lowest BCUT2D eigenvalue weighted by atomic mass is 9.99. The second-order valence-corrected chi connectivity index (χ2v) is 2.68. The predicted molar refractivity (Wildman–Crippen MR) is 43.4 cm³/mol. The van der Waals surface area contributed by atoms with E-state index in [1.165, 1.54) is 0 Å². The standard InChI is InChI=1S/C7H11FN2.ClH/c8-7(6-9)2-1-4-10-5-3-7;/h10H,1-5H2;1H. The summed E-state index contributed by atoms with van der Waals surface area (Å²) in [6.07, 6.45) is 1.49. The number of rotatable bonds is 0. The molecule has 0 aromatic heterocycles. The van der Waals surface area contributed by atoms with E-state index < -0.39 is 5.67 Å². The Hall–Kier alpha value is -0.330. The van der Waals surface area contributed by atoms with Crippen LogP contribution in [0.1, 0.15) is 19.3 Å². The number of nitrogens with zero attached hydrogens (tertiary/aromatic N) is 1. The van der Waals surface area contributed by atoms with Gasteiger partial charge in [0, 0.05) is 6.42 Å². The number of nitriles is 1. The van der Waals surface area contributed by atoms with E-state index in [0.29, 0.717) is 19.4 Å². The Morgan fingerprint density at radius 3 is 2.73 bits per heavy atom. The molecule has 1 N–H and O–H groups in total.